The third-order valence-corrected chi connectivity index (χ3v) is 2.47. The molecule has 5 heteroatoms. The van der Waals surface area contributed by atoms with Crippen molar-refractivity contribution in [3.05, 3.63) is 11.8 Å². The van der Waals surface area contributed by atoms with Crippen LogP contribution in [-0.2, 0) is 6.54 Å². The Morgan fingerprint density at radius 2 is 2.31 bits per heavy atom. The van der Waals surface area contributed by atoms with Crippen LogP contribution in [0.2, 0.25) is 0 Å². The van der Waals surface area contributed by atoms with Crippen molar-refractivity contribution in [2.45, 2.75) is 32.2 Å². The lowest BCUT2D eigenvalue weighted by atomic mass is 9.81. The first-order valence-corrected chi connectivity index (χ1v) is 4.65. The minimum atomic E-state index is -1.39. The molecule has 0 unspecified atom stereocenters. The highest BCUT2D eigenvalue weighted by molar-refractivity contribution is 6.58. The molecule has 1 aliphatic carbocycles. The van der Waals surface area contributed by atoms with Gasteiger partial charge in [0.25, 0.3) is 0 Å². The average Bonchev–Trinajstić information content (AvgIpc) is 2.84. The third kappa shape index (κ3) is 1.49. The second-order valence-corrected chi connectivity index (χ2v) is 3.45. The monoisotopic (exact) mass is 180 g/mol. The van der Waals surface area contributed by atoms with E-state index >= 15 is 0 Å². The summed E-state index contributed by atoms with van der Waals surface area (Å²) in [5.74, 6) is 0.511. The molecule has 0 aliphatic heterocycles. The van der Waals surface area contributed by atoms with E-state index in [2.05, 4.69) is 5.10 Å². The smallest absolute Gasteiger partial charge is 0.422 e. The summed E-state index contributed by atoms with van der Waals surface area (Å²) in [6, 6.07) is 0. The SMILES string of the molecule is CCn1ncc(C2CC2)c1B(O)O. The van der Waals surface area contributed by atoms with E-state index < -0.39 is 7.12 Å². The number of nitrogens with zero attached hydrogens (tertiary/aromatic N) is 2. The fraction of sp³-hybridized carbons (Fsp3) is 0.625. The minimum Gasteiger partial charge on any atom is -0.422 e. The molecule has 0 radical (unpaired) electrons. The number of hydrogen-bond donors (Lipinski definition) is 2. The molecule has 1 fully saturated rings. The number of hydrogen-bond acceptors (Lipinski definition) is 3. The molecular weight excluding hydrogens is 167 g/mol. The van der Waals surface area contributed by atoms with Gasteiger partial charge in [0.1, 0.15) is 0 Å². The molecule has 1 saturated carbocycles. The lowest BCUT2D eigenvalue weighted by Gasteiger charge is -2.05. The summed E-state index contributed by atoms with van der Waals surface area (Å²) in [4.78, 5) is 0. The van der Waals surface area contributed by atoms with Gasteiger partial charge < -0.3 is 10.0 Å². The summed E-state index contributed by atoms with van der Waals surface area (Å²) < 4.78 is 1.65. The Kier molecular flexibility index (Phi) is 2.13. The zero-order valence-electron chi connectivity index (χ0n) is 7.64. The maximum atomic E-state index is 9.18. The van der Waals surface area contributed by atoms with Gasteiger partial charge in [-0.05, 0) is 31.2 Å². The molecule has 1 aromatic rings. The molecule has 1 aromatic heterocycles. The molecule has 2 rings (SSSR count). The van der Waals surface area contributed by atoms with Crippen LogP contribution in [0.15, 0.2) is 6.20 Å². The molecule has 1 aliphatic rings. The number of aromatic nitrogens is 2. The standard InChI is InChI=1S/C8H13BN2O2/c1-2-11-8(9(12)13)7(5-10-11)6-3-4-6/h5-6,12-13H,2-4H2,1H3. The van der Waals surface area contributed by atoms with Crippen LogP contribution in [0.1, 0.15) is 31.2 Å². The first kappa shape index (κ1) is 8.78. The predicted molar refractivity (Wildman–Crippen MR) is 49.7 cm³/mol. The quantitative estimate of drug-likeness (QED) is 0.614. The molecule has 0 spiro atoms. The van der Waals surface area contributed by atoms with E-state index in [0.717, 1.165) is 18.4 Å². The van der Waals surface area contributed by atoms with E-state index in [9.17, 15) is 10.0 Å². The van der Waals surface area contributed by atoms with E-state index in [-0.39, 0.29) is 0 Å². The summed E-state index contributed by atoms with van der Waals surface area (Å²) in [5.41, 5.74) is 1.59. The highest BCUT2D eigenvalue weighted by atomic mass is 16.4. The Balaban J connectivity index is 2.38. The minimum absolute atomic E-state index is 0.511. The van der Waals surface area contributed by atoms with Gasteiger partial charge in [-0.25, -0.2) is 0 Å². The highest BCUT2D eigenvalue weighted by Crippen LogP contribution is 2.38. The molecular formula is C8H13BN2O2. The molecule has 0 saturated heterocycles. The maximum Gasteiger partial charge on any atom is 0.508 e. The average molecular weight is 180 g/mol. The van der Waals surface area contributed by atoms with Crippen LogP contribution in [0.4, 0.5) is 0 Å². The van der Waals surface area contributed by atoms with Crippen molar-refractivity contribution in [1.29, 1.82) is 0 Å². The van der Waals surface area contributed by atoms with Crippen molar-refractivity contribution < 1.29 is 10.0 Å². The summed E-state index contributed by atoms with van der Waals surface area (Å²) in [5, 5.41) is 22.5. The molecule has 13 heavy (non-hydrogen) atoms. The van der Waals surface area contributed by atoms with E-state index in [1.807, 2.05) is 6.92 Å². The van der Waals surface area contributed by atoms with Gasteiger partial charge in [-0.15, -0.1) is 0 Å². The Morgan fingerprint density at radius 1 is 1.62 bits per heavy atom. The fourth-order valence-electron chi connectivity index (χ4n) is 1.65. The van der Waals surface area contributed by atoms with Crippen molar-refractivity contribution in [1.82, 2.24) is 9.78 Å². The maximum absolute atomic E-state index is 9.18. The van der Waals surface area contributed by atoms with Crippen LogP contribution < -0.4 is 5.59 Å². The zero-order valence-corrected chi connectivity index (χ0v) is 7.64. The molecule has 70 valence electrons. The highest BCUT2D eigenvalue weighted by Gasteiger charge is 2.32. The lowest BCUT2D eigenvalue weighted by molar-refractivity contribution is 0.420. The molecule has 0 aromatic carbocycles. The van der Waals surface area contributed by atoms with Crippen LogP contribution in [-0.4, -0.2) is 26.9 Å². The van der Waals surface area contributed by atoms with Crippen LogP contribution in [0.25, 0.3) is 0 Å². The van der Waals surface area contributed by atoms with Crippen LogP contribution in [0, 0.1) is 0 Å². The number of rotatable bonds is 3. The van der Waals surface area contributed by atoms with Gasteiger partial charge in [-0.2, -0.15) is 5.10 Å². The topological polar surface area (TPSA) is 58.3 Å². The van der Waals surface area contributed by atoms with Gasteiger partial charge in [0.15, 0.2) is 0 Å². The second-order valence-electron chi connectivity index (χ2n) is 3.45. The molecule has 1 heterocycles. The van der Waals surface area contributed by atoms with Gasteiger partial charge in [0.05, 0.1) is 11.8 Å². The van der Waals surface area contributed by atoms with Crippen molar-refractivity contribution in [2.24, 2.45) is 0 Å². The summed E-state index contributed by atoms with van der Waals surface area (Å²) >= 11 is 0. The zero-order chi connectivity index (χ0) is 9.42. The van der Waals surface area contributed by atoms with E-state index in [1.165, 1.54) is 0 Å². The third-order valence-electron chi connectivity index (χ3n) is 2.47. The molecule has 0 atom stereocenters. The normalized spacial score (nSPS) is 16.2. The van der Waals surface area contributed by atoms with Gasteiger partial charge in [0, 0.05) is 6.54 Å². The summed E-state index contributed by atoms with van der Waals surface area (Å²) in [6.07, 6.45) is 4.06. The molecule has 2 N–H and O–H groups in total. The second kappa shape index (κ2) is 3.16. The Morgan fingerprint density at radius 3 is 2.77 bits per heavy atom. The summed E-state index contributed by atoms with van der Waals surface area (Å²) in [7, 11) is -1.39. The van der Waals surface area contributed by atoms with Crippen LogP contribution in [0.5, 0.6) is 0 Å². The van der Waals surface area contributed by atoms with Gasteiger partial charge in [0.2, 0.25) is 0 Å². The summed E-state index contributed by atoms with van der Waals surface area (Å²) in [6.45, 7) is 2.62. The predicted octanol–water partition coefficient (Wildman–Crippen LogP) is -0.540. The van der Waals surface area contributed by atoms with Crippen molar-refractivity contribution in [3.8, 4) is 0 Å². The molecule has 0 bridgehead atoms. The molecule has 4 nitrogen and oxygen atoms in total. The van der Waals surface area contributed by atoms with Gasteiger partial charge >= 0.3 is 7.12 Å². The first-order chi connectivity index (χ1) is 6.24. The fourth-order valence-corrected chi connectivity index (χ4v) is 1.65. The van der Waals surface area contributed by atoms with E-state index in [4.69, 9.17) is 0 Å². The van der Waals surface area contributed by atoms with Gasteiger partial charge in [-0.1, -0.05) is 0 Å². The number of aryl methyl sites for hydroxylation is 1. The van der Waals surface area contributed by atoms with Gasteiger partial charge in [-0.3, -0.25) is 4.68 Å². The molecule has 0 amide bonds. The Hall–Kier alpha value is -0.805. The lowest BCUT2D eigenvalue weighted by Crippen LogP contribution is -2.38. The Bertz CT molecular complexity index is 307. The van der Waals surface area contributed by atoms with E-state index in [0.29, 0.717) is 18.1 Å². The van der Waals surface area contributed by atoms with Crippen molar-refractivity contribution in [2.75, 3.05) is 0 Å². The van der Waals surface area contributed by atoms with Crippen LogP contribution in [0.3, 0.4) is 0 Å². The van der Waals surface area contributed by atoms with Crippen molar-refractivity contribution >= 4 is 12.7 Å². The first-order valence-electron chi connectivity index (χ1n) is 4.65. The van der Waals surface area contributed by atoms with Crippen LogP contribution >= 0.6 is 0 Å². The van der Waals surface area contributed by atoms with Crippen molar-refractivity contribution in [3.63, 3.8) is 0 Å². The Labute approximate surface area is 77.3 Å². The largest absolute Gasteiger partial charge is 0.508 e. The van der Waals surface area contributed by atoms with E-state index in [1.54, 1.807) is 10.9 Å².